The average Bonchev–Trinajstić information content (AvgIpc) is 2.33. The van der Waals surface area contributed by atoms with Crippen LogP contribution < -0.4 is 0 Å². The minimum absolute atomic E-state index is 0.337. The molecule has 0 saturated carbocycles. The van der Waals surface area contributed by atoms with Crippen molar-refractivity contribution in [3.63, 3.8) is 0 Å². The summed E-state index contributed by atoms with van der Waals surface area (Å²) in [4.78, 5) is 37.5. The second-order valence-corrected chi connectivity index (χ2v) is 2.57. The van der Waals surface area contributed by atoms with Crippen molar-refractivity contribution < 1.29 is 29.1 Å². The standard InChI is InChI=1S/C6H10O3.C5H8O3/c1-4-8-9-6(7)5(2)3;1-3-5(6)8-7-4-2/h2,4H2,1,3H3;3H,1,4H2,2H3. The van der Waals surface area contributed by atoms with Gasteiger partial charge in [-0.05, 0) is 20.8 Å². The van der Waals surface area contributed by atoms with E-state index in [4.69, 9.17) is 0 Å². The van der Waals surface area contributed by atoms with Gasteiger partial charge in [-0.25, -0.2) is 9.59 Å². The highest BCUT2D eigenvalue weighted by Gasteiger charge is 2.01. The van der Waals surface area contributed by atoms with Gasteiger partial charge in [-0.3, -0.25) is 9.78 Å². The topological polar surface area (TPSA) is 71.1 Å². The van der Waals surface area contributed by atoms with E-state index in [0.29, 0.717) is 18.8 Å². The van der Waals surface area contributed by atoms with Gasteiger partial charge in [-0.1, -0.05) is 13.2 Å². The van der Waals surface area contributed by atoms with Crippen molar-refractivity contribution in [2.24, 2.45) is 0 Å². The van der Waals surface area contributed by atoms with E-state index in [1.54, 1.807) is 20.8 Å². The lowest BCUT2D eigenvalue weighted by Crippen LogP contribution is -2.05. The van der Waals surface area contributed by atoms with Crippen LogP contribution in [-0.2, 0) is 29.1 Å². The molecule has 6 heteroatoms. The molecule has 98 valence electrons. The van der Waals surface area contributed by atoms with Crippen molar-refractivity contribution in [2.75, 3.05) is 13.2 Å². The molecule has 0 aromatic carbocycles. The van der Waals surface area contributed by atoms with Gasteiger partial charge in [-0.2, -0.15) is 9.78 Å². The van der Waals surface area contributed by atoms with Crippen molar-refractivity contribution in [1.82, 2.24) is 0 Å². The zero-order chi connectivity index (χ0) is 13.7. The molecule has 0 bridgehead atoms. The van der Waals surface area contributed by atoms with Crippen LogP contribution in [0.15, 0.2) is 24.8 Å². The quantitative estimate of drug-likeness (QED) is 0.404. The Hall–Kier alpha value is -1.66. The normalized spacial score (nSPS) is 8.41. The smallest absolute Gasteiger partial charge is 0.294 e. The Balaban J connectivity index is 0. The molecule has 6 nitrogen and oxygen atoms in total. The largest absolute Gasteiger partial charge is 0.368 e. The fourth-order valence-electron chi connectivity index (χ4n) is 0.335. The Morgan fingerprint density at radius 1 is 1.12 bits per heavy atom. The third-order valence-corrected chi connectivity index (χ3v) is 1.03. The molecule has 0 N–H and O–H groups in total. The predicted molar refractivity (Wildman–Crippen MR) is 60.4 cm³/mol. The summed E-state index contributed by atoms with van der Waals surface area (Å²) in [5.41, 5.74) is 0.337. The third kappa shape index (κ3) is 14.3. The lowest BCUT2D eigenvalue weighted by atomic mass is 10.4. The third-order valence-electron chi connectivity index (χ3n) is 1.03. The molecule has 0 unspecified atom stereocenters. The van der Waals surface area contributed by atoms with E-state index in [1.807, 2.05) is 0 Å². The zero-order valence-corrected chi connectivity index (χ0v) is 10.4. The van der Waals surface area contributed by atoms with Crippen LogP contribution in [0.1, 0.15) is 20.8 Å². The molecular weight excluding hydrogens is 228 g/mol. The van der Waals surface area contributed by atoms with E-state index >= 15 is 0 Å². The summed E-state index contributed by atoms with van der Waals surface area (Å²) in [5, 5.41) is 0. The Kier molecular flexibility index (Phi) is 12.9. The lowest BCUT2D eigenvalue weighted by molar-refractivity contribution is -0.265. The van der Waals surface area contributed by atoms with Crippen molar-refractivity contribution in [3.8, 4) is 0 Å². The van der Waals surface area contributed by atoms with Crippen LogP contribution in [0.2, 0.25) is 0 Å². The molecular formula is C11H18O6. The van der Waals surface area contributed by atoms with Crippen molar-refractivity contribution >= 4 is 11.9 Å². The van der Waals surface area contributed by atoms with E-state index in [0.717, 1.165) is 6.08 Å². The molecule has 0 rings (SSSR count). The van der Waals surface area contributed by atoms with Gasteiger partial charge in [0.2, 0.25) is 0 Å². The molecule has 0 aliphatic carbocycles. The Labute approximate surface area is 101 Å². The van der Waals surface area contributed by atoms with Gasteiger partial charge in [0.15, 0.2) is 0 Å². The van der Waals surface area contributed by atoms with Gasteiger partial charge in [0.1, 0.15) is 0 Å². The number of hydrogen-bond donors (Lipinski definition) is 0. The molecule has 0 atom stereocenters. The van der Waals surface area contributed by atoms with Gasteiger partial charge in [0, 0.05) is 11.6 Å². The SMILES string of the molecule is C=C(C)C(=O)OOCC.C=CC(=O)OOCC. The summed E-state index contributed by atoms with van der Waals surface area (Å²) in [6, 6.07) is 0. The Morgan fingerprint density at radius 2 is 1.59 bits per heavy atom. The highest BCUT2D eigenvalue weighted by atomic mass is 17.2. The fraction of sp³-hybridized carbons (Fsp3) is 0.455. The summed E-state index contributed by atoms with van der Waals surface area (Å²) in [6.45, 7) is 12.2. The van der Waals surface area contributed by atoms with Gasteiger partial charge >= 0.3 is 11.9 Å². The van der Waals surface area contributed by atoms with E-state index in [1.165, 1.54) is 0 Å². The molecule has 0 aliphatic rings. The lowest BCUT2D eigenvalue weighted by Gasteiger charge is -1.97. The van der Waals surface area contributed by atoms with Crippen LogP contribution in [0.4, 0.5) is 0 Å². The van der Waals surface area contributed by atoms with Crippen LogP contribution in [-0.4, -0.2) is 25.2 Å². The first-order valence-electron chi connectivity index (χ1n) is 4.94. The second-order valence-electron chi connectivity index (χ2n) is 2.57. The molecule has 0 aliphatic heterocycles. The van der Waals surface area contributed by atoms with E-state index < -0.39 is 11.9 Å². The summed E-state index contributed by atoms with van der Waals surface area (Å²) >= 11 is 0. The van der Waals surface area contributed by atoms with Gasteiger partial charge in [0.25, 0.3) is 0 Å². The maximum absolute atomic E-state index is 10.5. The van der Waals surface area contributed by atoms with Crippen LogP contribution in [0.3, 0.4) is 0 Å². The summed E-state index contributed by atoms with van der Waals surface area (Å²) in [6.07, 6.45) is 1.04. The summed E-state index contributed by atoms with van der Waals surface area (Å²) in [5.74, 6) is -1.08. The molecule has 0 heterocycles. The Morgan fingerprint density at radius 3 is 1.94 bits per heavy atom. The molecule has 0 fully saturated rings. The zero-order valence-electron chi connectivity index (χ0n) is 10.4. The van der Waals surface area contributed by atoms with Crippen LogP contribution in [0.5, 0.6) is 0 Å². The van der Waals surface area contributed by atoms with Gasteiger partial charge in [-0.15, -0.1) is 0 Å². The van der Waals surface area contributed by atoms with Crippen molar-refractivity contribution in [1.29, 1.82) is 0 Å². The monoisotopic (exact) mass is 246 g/mol. The molecule has 0 spiro atoms. The minimum atomic E-state index is -0.563. The summed E-state index contributed by atoms with van der Waals surface area (Å²) in [7, 11) is 0. The summed E-state index contributed by atoms with van der Waals surface area (Å²) < 4.78 is 0. The maximum atomic E-state index is 10.5. The number of carbonyl (C=O) groups is 2. The fourth-order valence-corrected chi connectivity index (χ4v) is 0.335. The van der Waals surface area contributed by atoms with E-state index in [9.17, 15) is 9.59 Å². The highest BCUT2D eigenvalue weighted by molar-refractivity contribution is 5.86. The number of carbonyl (C=O) groups excluding carboxylic acids is 2. The molecule has 0 aromatic rings. The molecule has 0 saturated heterocycles. The Bertz CT molecular complexity index is 259. The average molecular weight is 246 g/mol. The number of hydrogen-bond acceptors (Lipinski definition) is 6. The second kappa shape index (κ2) is 12.4. The first-order chi connectivity index (χ1) is 7.99. The van der Waals surface area contributed by atoms with Gasteiger partial charge < -0.3 is 0 Å². The predicted octanol–water partition coefficient (Wildman–Crippen LogP) is 1.72. The molecule has 17 heavy (non-hydrogen) atoms. The molecule has 0 amide bonds. The van der Waals surface area contributed by atoms with E-state index in [2.05, 4.69) is 32.7 Å². The van der Waals surface area contributed by atoms with Crippen LogP contribution in [0, 0.1) is 0 Å². The first-order valence-corrected chi connectivity index (χ1v) is 4.94. The number of rotatable bonds is 6. The maximum Gasteiger partial charge on any atom is 0.368 e. The van der Waals surface area contributed by atoms with Crippen molar-refractivity contribution in [2.45, 2.75) is 20.8 Å². The van der Waals surface area contributed by atoms with Gasteiger partial charge in [0.05, 0.1) is 13.2 Å². The van der Waals surface area contributed by atoms with Crippen molar-refractivity contribution in [3.05, 3.63) is 24.8 Å². The first kappa shape index (κ1) is 17.7. The van der Waals surface area contributed by atoms with Crippen LogP contribution >= 0.6 is 0 Å². The van der Waals surface area contributed by atoms with E-state index in [-0.39, 0.29) is 0 Å². The minimum Gasteiger partial charge on any atom is -0.294 e. The van der Waals surface area contributed by atoms with Crippen LogP contribution in [0.25, 0.3) is 0 Å². The highest BCUT2D eigenvalue weighted by Crippen LogP contribution is 1.91. The molecule has 0 radical (unpaired) electrons. The molecule has 0 aromatic heterocycles.